The third kappa shape index (κ3) is 2.76. The van der Waals surface area contributed by atoms with Gasteiger partial charge in [-0.1, -0.05) is 15.9 Å². The molecule has 1 atom stereocenters. The van der Waals surface area contributed by atoms with Crippen molar-refractivity contribution in [2.75, 3.05) is 0 Å². The number of hydrogen-bond donors (Lipinski definition) is 1. The van der Waals surface area contributed by atoms with Crippen molar-refractivity contribution >= 4 is 27.3 Å². The zero-order valence-electron chi connectivity index (χ0n) is 8.91. The molecule has 2 rings (SSSR count). The van der Waals surface area contributed by atoms with Crippen molar-refractivity contribution in [3.8, 4) is 0 Å². The predicted octanol–water partition coefficient (Wildman–Crippen LogP) is 4.61. The highest BCUT2D eigenvalue weighted by molar-refractivity contribution is 9.10. The van der Waals surface area contributed by atoms with Crippen LogP contribution in [0, 0.1) is 0 Å². The fourth-order valence-electron chi connectivity index (χ4n) is 1.54. The number of aliphatic hydroxyl groups is 1. The third-order valence-electron chi connectivity index (χ3n) is 2.48. The van der Waals surface area contributed by atoms with Crippen LogP contribution in [-0.4, -0.2) is 5.11 Å². The minimum absolute atomic E-state index is 0.211. The maximum Gasteiger partial charge on any atom is 0.416 e. The molecule has 0 saturated carbocycles. The lowest BCUT2D eigenvalue weighted by molar-refractivity contribution is -0.137. The molecule has 1 heterocycles. The summed E-state index contributed by atoms with van der Waals surface area (Å²) in [6.07, 6.45) is -5.47. The summed E-state index contributed by atoms with van der Waals surface area (Å²) in [4.78, 5) is 0. The Hall–Kier alpha value is -0.850. The second-order valence-corrected chi connectivity index (χ2v) is 5.33. The van der Waals surface area contributed by atoms with Crippen molar-refractivity contribution in [3.05, 3.63) is 56.2 Å². The molecule has 1 aromatic heterocycles. The molecule has 2 aromatic rings. The van der Waals surface area contributed by atoms with Crippen LogP contribution < -0.4 is 0 Å². The van der Waals surface area contributed by atoms with Gasteiger partial charge in [-0.15, -0.1) is 0 Å². The van der Waals surface area contributed by atoms with Gasteiger partial charge in [0.1, 0.15) is 6.10 Å². The van der Waals surface area contributed by atoms with Crippen molar-refractivity contribution in [3.63, 3.8) is 0 Å². The Morgan fingerprint density at radius 2 is 1.94 bits per heavy atom. The molecule has 1 N–H and O–H groups in total. The lowest BCUT2D eigenvalue weighted by Gasteiger charge is -2.14. The van der Waals surface area contributed by atoms with Crippen LogP contribution in [0.5, 0.6) is 0 Å². The Bertz CT molecular complexity index is 537. The molecular weight excluding hydrogens is 329 g/mol. The van der Waals surface area contributed by atoms with Crippen LogP contribution in [0.2, 0.25) is 0 Å². The van der Waals surface area contributed by atoms with Crippen LogP contribution in [-0.2, 0) is 6.18 Å². The van der Waals surface area contributed by atoms with Gasteiger partial charge in [0.15, 0.2) is 0 Å². The summed E-state index contributed by atoms with van der Waals surface area (Å²) in [5, 5.41) is 13.5. The van der Waals surface area contributed by atoms with Crippen LogP contribution in [0.1, 0.15) is 22.8 Å². The van der Waals surface area contributed by atoms with Gasteiger partial charge in [0.05, 0.1) is 5.56 Å². The smallest absolute Gasteiger partial charge is 0.384 e. The number of thiophene rings is 1. The van der Waals surface area contributed by atoms with E-state index in [9.17, 15) is 18.3 Å². The van der Waals surface area contributed by atoms with Crippen LogP contribution in [0.15, 0.2) is 39.5 Å². The highest BCUT2D eigenvalue weighted by Crippen LogP contribution is 2.35. The Kier molecular flexibility index (Phi) is 3.79. The molecule has 0 aliphatic rings. The molecule has 96 valence electrons. The molecule has 0 aliphatic carbocycles. The molecule has 1 unspecified atom stereocenters. The first-order valence-corrected chi connectivity index (χ1v) is 6.70. The van der Waals surface area contributed by atoms with Crippen molar-refractivity contribution in [2.24, 2.45) is 0 Å². The number of halogens is 4. The van der Waals surface area contributed by atoms with Gasteiger partial charge in [-0.2, -0.15) is 24.5 Å². The Morgan fingerprint density at radius 3 is 2.50 bits per heavy atom. The monoisotopic (exact) mass is 336 g/mol. The molecule has 0 radical (unpaired) electrons. The number of alkyl halides is 3. The minimum atomic E-state index is -4.41. The zero-order valence-corrected chi connectivity index (χ0v) is 11.3. The van der Waals surface area contributed by atoms with Gasteiger partial charge >= 0.3 is 6.18 Å². The molecule has 1 aromatic carbocycles. The van der Waals surface area contributed by atoms with Gasteiger partial charge in [-0.05, 0) is 46.2 Å². The van der Waals surface area contributed by atoms with E-state index in [1.54, 1.807) is 16.8 Å². The molecule has 0 saturated heterocycles. The van der Waals surface area contributed by atoms with E-state index in [0.29, 0.717) is 10.0 Å². The first-order valence-electron chi connectivity index (χ1n) is 4.96. The van der Waals surface area contributed by atoms with Gasteiger partial charge in [0.2, 0.25) is 0 Å². The van der Waals surface area contributed by atoms with Crippen LogP contribution in [0.3, 0.4) is 0 Å². The van der Waals surface area contributed by atoms with E-state index < -0.39 is 17.8 Å². The van der Waals surface area contributed by atoms with E-state index in [4.69, 9.17) is 0 Å². The molecule has 0 spiro atoms. The molecule has 6 heteroatoms. The molecule has 0 amide bonds. The third-order valence-corrected chi connectivity index (χ3v) is 3.90. The van der Waals surface area contributed by atoms with E-state index in [1.165, 1.54) is 17.4 Å². The zero-order chi connectivity index (χ0) is 13.3. The van der Waals surface area contributed by atoms with Gasteiger partial charge in [0, 0.05) is 4.47 Å². The summed E-state index contributed by atoms with van der Waals surface area (Å²) in [7, 11) is 0. The molecule has 0 fully saturated rings. The Labute approximate surface area is 114 Å². The number of benzene rings is 1. The molecule has 0 bridgehead atoms. The van der Waals surface area contributed by atoms with Crippen LogP contribution in [0.25, 0.3) is 0 Å². The quantitative estimate of drug-likeness (QED) is 0.848. The molecular formula is C12H8BrF3OS. The van der Waals surface area contributed by atoms with Gasteiger partial charge in [-0.3, -0.25) is 0 Å². The average Bonchev–Trinajstić information content (AvgIpc) is 2.80. The summed E-state index contributed by atoms with van der Waals surface area (Å²) in [6.45, 7) is 0. The van der Waals surface area contributed by atoms with Crippen molar-refractivity contribution in [1.29, 1.82) is 0 Å². The molecule has 0 aliphatic heterocycles. The SMILES string of the molecule is OC(c1ccsc1)c1cc(C(F)(F)F)ccc1Br. The summed E-state index contributed by atoms with van der Waals surface area (Å²) in [5.41, 5.74) is 0.0261. The van der Waals surface area contributed by atoms with E-state index >= 15 is 0 Å². The normalized spacial score (nSPS) is 13.6. The summed E-state index contributed by atoms with van der Waals surface area (Å²) in [6, 6.07) is 4.93. The van der Waals surface area contributed by atoms with Crippen LogP contribution >= 0.6 is 27.3 Å². The summed E-state index contributed by atoms with van der Waals surface area (Å²) in [5.74, 6) is 0. The topological polar surface area (TPSA) is 20.2 Å². The highest BCUT2D eigenvalue weighted by Gasteiger charge is 2.31. The minimum Gasteiger partial charge on any atom is -0.384 e. The maximum absolute atomic E-state index is 12.6. The van der Waals surface area contributed by atoms with Gasteiger partial charge in [-0.25, -0.2) is 0 Å². The second-order valence-electron chi connectivity index (χ2n) is 3.69. The first-order chi connectivity index (χ1) is 8.39. The maximum atomic E-state index is 12.6. The van der Waals surface area contributed by atoms with Crippen molar-refractivity contribution < 1.29 is 18.3 Å². The molecule has 1 nitrogen and oxygen atoms in total. The number of rotatable bonds is 2. The number of hydrogen-bond acceptors (Lipinski definition) is 2. The van der Waals surface area contributed by atoms with Gasteiger partial charge in [0.25, 0.3) is 0 Å². The van der Waals surface area contributed by atoms with Gasteiger partial charge < -0.3 is 5.11 Å². The fraction of sp³-hybridized carbons (Fsp3) is 0.167. The average molecular weight is 337 g/mol. The van der Waals surface area contributed by atoms with Crippen molar-refractivity contribution in [1.82, 2.24) is 0 Å². The number of aliphatic hydroxyl groups excluding tert-OH is 1. The Balaban J connectivity index is 2.44. The predicted molar refractivity (Wildman–Crippen MR) is 67.5 cm³/mol. The summed E-state index contributed by atoms with van der Waals surface area (Å²) < 4.78 is 38.3. The van der Waals surface area contributed by atoms with Crippen LogP contribution in [0.4, 0.5) is 13.2 Å². The van der Waals surface area contributed by atoms with E-state index in [0.717, 1.165) is 12.1 Å². The Morgan fingerprint density at radius 1 is 1.22 bits per heavy atom. The van der Waals surface area contributed by atoms with E-state index in [2.05, 4.69) is 15.9 Å². The standard InChI is InChI=1S/C12H8BrF3OS/c13-10-2-1-8(12(14,15)16)5-9(10)11(17)7-3-4-18-6-7/h1-6,11,17H. The van der Waals surface area contributed by atoms with Crippen molar-refractivity contribution in [2.45, 2.75) is 12.3 Å². The second kappa shape index (κ2) is 5.03. The highest BCUT2D eigenvalue weighted by atomic mass is 79.9. The molecule has 18 heavy (non-hydrogen) atoms. The van der Waals surface area contributed by atoms with E-state index in [1.807, 2.05) is 0 Å². The first kappa shape index (κ1) is 13.6. The van der Waals surface area contributed by atoms with E-state index in [-0.39, 0.29) is 5.56 Å². The lowest BCUT2D eigenvalue weighted by atomic mass is 10.0. The lowest BCUT2D eigenvalue weighted by Crippen LogP contribution is -2.07. The summed E-state index contributed by atoms with van der Waals surface area (Å²) >= 11 is 4.54. The fourth-order valence-corrected chi connectivity index (χ4v) is 2.68. The largest absolute Gasteiger partial charge is 0.416 e.